The van der Waals surface area contributed by atoms with Crippen LogP contribution in [0.5, 0.6) is 0 Å². The maximum atomic E-state index is 12.1. The summed E-state index contributed by atoms with van der Waals surface area (Å²) >= 11 is 0. The monoisotopic (exact) mass is 257 g/mol. The van der Waals surface area contributed by atoms with Gasteiger partial charge in [0.15, 0.2) is 0 Å². The largest absolute Gasteiger partial charge is 0.385 e. The molecule has 2 aliphatic heterocycles. The van der Waals surface area contributed by atoms with Gasteiger partial charge >= 0.3 is 6.03 Å². The fourth-order valence-electron chi connectivity index (χ4n) is 2.46. The second-order valence-electron chi connectivity index (χ2n) is 4.74. The number of rotatable bonds is 7. The lowest BCUT2D eigenvalue weighted by molar-refractivity contribution is 0.0912. The van der Waals surface area contributed by atoms with Crippen molar-refractivity contribution in [3.05, 3.63) is 0 Å². The number of urea groups is 1. The van der Waals surface area contributed by atoms with Gasteiger partial charge < -0.3 is 24.6 Å². The summed E-state index contributed by atoms with van der Waals surface area (Å²) in [5.41, 5.74) is 0. The first-order valence-corrected chi connectivity index (χ1v) is 6.66. The summed E-state index contributed by atoms with van der Waals surface area (Å²) < 4.78 is 10.4. The molecule has 1 unspecified atom stereocenters. The Labute approximate surface area is 108 Å². The van der Waals surface area contributed by atoms with Gasteiger partial charge in [-0.3, -0.25) is 0 Å². The minimum absolute atomic E-state index is 0.169. The second kappa shape index (κ2) is 6.92. The number of methoxy groups -OCH3 is 1. The number of nitrogens with zero attached hydrogens (tertiary/aromatic N) is 2. The van der Waals surface area contributed by atoms with E-state index in [0.29, 0.717) is 25.8 Å². The third kappa shape index (κ3) is 3.34. The molecule has 1 N–H and O–H groups in total. The number of hydrogen-bond donors (Lipinski definition) is 1. The Morgan fingerprint density at radius 1 is 1.39 bits per heavy atom. The number of carbonyl (C=O) groups excluding carboxylic acids is 1. The van der Waals surface area contributed by atoms with Gasteiger partial charge in [0.2, 0.25) is 0 Å². The molecule has 1 atom stereocenters. The third-order valence-corrected chi connectivity index (χ3v) is 3.44. The van der Waals surface area contributed by atoms with E-state index >= 15 is 0 Å². The number of nitrogens with one attached hydrogen (secondary N) is 1. The van der Waals surface area contributed by atoms with Crippen molar-refractivity contribution >= 4 is 6.03 Å². The van der Waals surface area contributed by atoms with E-state index in [1.165, 1.54) is 0 Å². The van der Waals surface area contributed by atoms with Gasteiger partial charge in [-0.1, -0.05) is 0 Å². The highest BCUT2D eigenvalue weighted by atomic mass is 16.5. The molecule has 2 fully saturated rings. The van der Waals surface area contributed by atoms with Crippen LogP contribution in [0.15, 0.2) is 0 Å². The van der Waals surface area contributed by atoms with Crippen LogP contribution in [0.2, 0.25) is 0 Å². The fourth-order valence-corrected chi connectivity index (χ4v) is 2.46. The van der Waals surface area contributed by atoms with Crippen molar-refractivity contribution < 1.29 is 14.3 Å². The molecule has 104 valence electrons. The summed E-state index contributed by atoms with van der Waals surface area (Å²) in [7, 11) is 1.69. The van der Waals surface area contributed by atoms with E-state index in [1.807, 2.05) is 9.80 Å². The van der Waals surface area contributed by atoms with Crippen molar-refractivity contribution in [1.29, 1.82) is 0 Å². The van der Waals surface area contributed by atoms with Crippen molar-refractivity contribution in [2.24, 2.45) is 0 Å². The minimum Gasteiger partial charge on any atom is -0.385 e. The van der Waals surface area contributed by atoms with Crippen molar-refractivity contribution in [2.75, 3.05) is 59.7 Å². The number of ether oxygens (including phenoxy) is 2. The minimum atomic E-state index is 0.169. The molecule has 2 heterocycles. The Balaban J connectivity index is 1.63. The highest BCUT2D eigenvalue weighted by Crippen LogP contribution is 2.16. The molecule has 0 spiro atoms. The van der Waals surface area contributed by atoms with Crippen molar-refractivity contribution in [1.82, 2.24) is 15.1 Å². The van der Waals surface area contributed by atoms with Gasteiger partial charge in [0, 0.05) is 53.0 Å². The predicted molar refractivity (Wildman–Crippen MR) is 67.6 cm³/mol. The van der Waals surface area contributed by atoms with Crippen LogP contribution in [0.25, 0.3) is 0 Å². The van der Waals surface area contributed by atoms with E-state index in [1.54, 1.807) is 7.11 Å². The molecule has 0 aromatic rings. The molecule has 2 amide bonds. The lowest BCUT2D eigenvalue weighted by Crippen LogP contribution is -2.49. The number of carbonyl (C=O) groups is 1. The van der Waals surface area contributed by atoms with Crippen LogP contribution < -0.4 is 5.32 Å². The zero-order valence-corrected chi connectivity index (χ0v) is 11.1. The Kier molecular flexibility index (Phi) is 5.22. The SMILES string of the molecule is COCCCOCCN1CC2CNCCN2C1=O. The normalized spacial score (nSPS) is 23.6. The summed E-state index contributed by atoms with van der Waals surface area (Å²) in [5.74, 6) is 0. The van der Waals surface area contributed by atoms with E-state index in [9.17, 15) is 4.79 Å². The Morgan fingerprint density at radius 3 is 3.06 bits per heavy atom. The van der Waals surface area contributed by atoms with Crippen molar-refractivity contribution in [2.45, 2.75) is 12.5 Å². The van der Waals surface area contributed by atoms with Crippen molar-refractivity contribution in [3.8, 4) is 0 Å². The van der Waals surface area contributed by atoms with Crippen LogP contribution in [-0.2, 0) is 9.47 Å². The molecule has 0 saturated carbocycles. The first-order chi connectivity index (χ1) is 8.83. The Bertz CT molecular complexity index is 275. The molecule has 0 bridgehead atoms. The van der Waals surface area contributed by atoms with Crippen LogP contribution >= 0.6 is 0 Å². The third-order valence-electron chi connectivity index (χ3n) is 3.44. The lowest BCUT2D eigenvalue weighted by Gasteiger charge is -2.28. The summed E-state index contributed by atoms with van der Waals surface area (Å²) in [6.45, 7) is 6.21. The van der Waals surface area contributed by atoms with Gasteiger partial charge in [-0.05, 0) is 6.42 Å². The average Bonchev–Trinajstić information content (AvgIpc) is 2.71. The Morgan fingerprint density at radius 2 is 2.28 bits per heavy atom. The van der Waals surface area contributed by atoms with E-state index in [2.05, 4.69) is 5.32 Å². The topological polar surface area (TPSA) is 54.0 Å². The van der Waals surface area contributed by atoms with Crippen LogP contribution in [-0.4, -0.2) is 81.5 Å². The molecule has 18 heavy (non-hydrogen) atoms. The molecule has 6 nitrogen and oxygen atoms in total. The molecule has 2 saturated heterocycles. The van der Waals surface area contributed by atoms with Gasteiger partial charge in [-0.15, -0.1) is 0 Å². The average molecular weight is 257 g/mol. The summed E-state index contributed by atoms with van der Waals surface area (Å²) in [6, 6.07) is 0.515. The molecular weight excluding hydrogens is 234 g/mol. The molecule has 2 rings (SSSR count). The van der Waals surface area contributed by atoms with Gasteiger partial charge in [0.1, 0.15) is 0 Å². The second-order valence-corrected chi connectivity index (χ2v) is 4.74. The fraction of sp³-hybridized carbons (Fsp3) is 0.917. The molecule has 0 aromatic carbocycles. The first kappa shape index (κ1) is 13.6. The van der Waals surface area contributed by atoms with E-state index < -0.39 is 0 Å². The van der Waals surface area contributed by atoms with Crippen LogP contribution in [0, 0.1) is 0 Å². The van der Waals surface area contributed by atoms with E-state index in [-0.39, 0.29) is 6.03 Å². The number of piperazine rings is 1. The maximum Gasteiger partial charge on any atom is 0.320 e. The molecule has 0 aromatic heterocycles. The number of fused-ring (bicyclic) bond motifs is 1. The number of hydrogen-bond acceptors (Lipinski definition) is 4. The van der Waals surface area contributed by atoms with Crippen LogP contribution in [0.4, 0.5) is 4.79 Å². The van der Waals surface area contributed by atoms with Gasteiger partial charge in [-0.25, -0.2) is 4.79 Å². The molecule has 2 aliphatic rings. The number of amides is 2. The maximum absolute atomic E-state index is 12.1. The van der Waals surface area contributed by atoms with Crippen molar-refractivity contribution in [3.63, 3.8) is 0 Å². The van der Waals surface area contributed by atoms with Gasteiger partial charge in [-0.2, -0.15) is 0 Å². The molecular formula is C12H23N3O3. The summed E-state index contributed by atoms with van der Waals surface area (Å²) in [6.07, 6.45) is 0.906. The highest BCUT2D eigenvalue weighted by Gasteiger charge is 2.37. The van der Waals surface area contributed by atoms with Gasteiger partial charge in [0.05, 0.1) is 12.6 Å². The summed E-state index contributed by atoms with van der Waals surface area (Å²) in [4.78, 5) is 15.9. The molecule has 0 radical (unpaired) electrons. The predicted octanol–water partition coefficient (Wildman–Crippen LogP) is -0.251. The first-order valence-electron chi connectivity index (χ1n) is 6.66. The zero-order valence-electron chi connectivity index (χ0n) is 11.1. The van der Waals surface area contributed by atoms with Gasteiger partial charge in [0.25, 0.3) is 0 Å². The van der Waals surface area contributed by atoms with E-state index in [4.69, 9.17) is 9.47 Å². The molecule has 6 heteroatoms. The van der Waals surface area contributed by atoms with E-state index in [0.717, 1.165) is 39.2 Å². The lowest BCUT2D eigenvalue weighted by atomic mass is 10.2. The highest BCUT2D eigenvalue weighted by molar-refractivity contribution is 5.77. The Hall–Kier alpha value is -0.850. The van der Waals surface area contributed by atoms with Crippen LogP contribution in [0.1, 0.15) is 6.42 Å². The van der Waals surface area contributed by atoms with Crippen LogP contribution in [0.3, 0.4) is 0 Å². The quantitative estimate of drug-likeness (QED) is 0.639. The zero-order chi connectivity index (χ0) is 12.8. The smallest absolute Gasteiger partial charge is 0.320 e. The molecule has 0 aliphatic carbocycles. The standard InChI is InChI=1S/C12H23N3O3/c1-17-6-2-7-18-8-5-14-10-11-9-13-3-4-15(11)12(14)16/h11,13H,2-10H2,1H3. The summed E-state index contributed by atoms with van der Waals surface area (Å²) in [5, 5.41) is 3.32.